The third-order valence-electron chi connectivity index (χ3n) is 2.90. The summed E-state index contributed by atoms with van der Waals surface area (Å²) in [7, 11) is 0. The molecule has 0 heterocycles. The average Bonchev–Trinajstić information content (AvgIpc) is 2.34. The highest BCUT2D eigenvalue weighted by molar-refractivity contribution is 5.81. The van der Waals surface area contributed by atoms with Crippen LogP contribution in [0.1, 0.15) is 31.9 Å². The molecule has 1 atom stereocenters. The van der Waals surface area contributed by atoms with Crippen LogP contribution in [0.4, 0.5) is 13.2 Å². The minimum absolute atomic E-state index is 0.113. The molecule has 112 valence electrons. The van der Waals surface area contributed by atoms with Gasteiger partial charge in [-0.2, -0.15) is 13.2 Å². The normalized spacial score (nSPS) is 13.4. The van der Waals surface area contributed by atoms with Gasteiger partial charge in [0.05, 0.1) is 11.6 Å². The molecular weight excluding hydrogens is 269 g/mol. The first-order valence-electron chi connectivity index (χ1n) is 6.35. The van der Waals surface area contributed by atoms with E-state index in [2.05, 4.69) is 0 Å². The number of nitrogens with two attached hydrogens (primary N) is 1. The Bertz CT molecular complexity index is 470. The molecule has 0 bridgehead atoms. The lowest BCUT2D eigenvalue weighted by Gasteiger charge is -2.28. The number of alkyl halides is 3. The van der Waals surface area contributed by atoms with Crippen molar-refractivity contribution in [3.63, 3.8) is 0 Å². The highest BCUT2D eigenvalue weighted by Gasteiger charge is 2.30. The predicted molar refractivity (Wildman–Crippen MR) is 70.8 cm³/mol. The van der Waals surface area contributed by atoms with Gasteiger partial charge >= 0.3 is 6.18 Å². The molecule has 3 nitrogen and oxygen atoms in total. The summed E-state index contributed by atoms with van der Waals surface area (Å²) in [5, 5.41) is 0. The van der Waals surface area contributed by atoms with Crippen LogP contribution >= 0.6 is 0 Å². The minimum atomic E-state index is -4.39. The van der Waals surface area contributed by atoms with E-state index < -0.39 is 17.8 Å². The van der Waals surface area contributed by atoms with Crippen LogP contribution in [-0.4, -0.2) is 22.9 Å². The lowest BCUT2D eigenvalue weighted by molar-refractivity contribution is -0.137. The Kier molecular flexibility index (Phi) is 5.16. The molecule has 0 aliphatic heterocycles. The summed E-state index contributed by atoms with van der Waals surface area (Å²) >= 11 is 0. The van der Waals surface area contributed by atoms with Gasteiger partial charge in [-0.1, -0.05) is 12.1 Å². The summed E-state index contributed by atoms with van der Waals surface area (Å²) in [6.45, 7) is 5.27. The number of rotatable bonds is 4. The van der Waals surface area contributed by atoms with Gasteiger partial charge in [-0.15, -0.1) is 0 Å². The lowest BCUT2D eigenvalue weighted by atomic mass is 10.1. The van der Waals surface area contributed by atoms with E-state index in [-0.39, 0.29) is 18.5 Å². The zero-order chi connectivity index (χ0) is 15.5. The molecular formula is C14H19F3N2O. The van der Waals surface area contributed by atoms with E-state index >= 15 is 0 Å². The standard InChI is InChI=1S/C14H19F3N2O/c1-9(2)19(13(20)10(3)18)8-11-5-4-6-12(7-11)14(15,16)17/h4-7,9-10H,8,18H2,1-3H3. The molecule has 2 N–H and O–H groups in total. The van der Waals surface area contributed by atoms with Crippen molar-refractivity contribution >= 4 is 5.91 Å². The van der Waals surface area contributed by atoms with E-state index in [1.165, 1.54) is 11.0 Å². The Labute approximate surface area is 116 Å². The van der Waals surface area contributed by atoms with Gasteiger partial charge in [0, 0.05) is 12.6 Å². The number of benzene rings is 1. The Balaban J connectivity index is 2.98. The second kappa shape index (κ2) is 6.26. The molecule has 0 saturated carbocycles. The van der Waals surface area contributed by atoms with Gasteiger partial charge < -0.3 is 10.6 Å². The first kappa shape index (κ1) is 16.5. The maximum absolute atomic E-state index is 12.7. The zero-order valence-electron chi connectivity index (χ0n) is 11.7. The van der Waals surface area contributed by atoms with Crippen molar-refractivity contribution in [2.24, 2.45) is 5.73 Å². The van der Waals surface area contributed by atoms with Gasteiger partial charge in [0.2, 0.25) is 5.91 Å². The van der Waals surface area contributed by atoms with E-state index in [0.717, 1.165) is 12.1 Å². The maximum atomic E-state index is 12.7. The van der Waals surface area contributed by atoms with Crippen LogP contribution in [-0.2, 0) is 17.5 Å². The molecule has 6 heteroatoms. The second-order valence-electron chi connectivity index (χ2n) is 5.05. The monoisotopic (exact) mass is 288 g/mol. The third-order valence-corrected chi connectivity index (χ3v) is 2.90. The maximum Gasteiger partial charge on any atom is 0.416 e. The first-order chi connectivity index (χ1) is 9.12. The number of nitrogens with zero attached hydrogens (tertiary/aromatic N) is 1. The summed E-state index contributed by atoms with van der Waals surface area (Å²) in [6.07, 6.45) is -4.39. The largest absolute Gasteiger partial charge is 0.416 e. The molecule has 0 aromatic heterocycles. The molecule has 0 radical (unpaired) electrons. The third kappa shape index (κ3) is 4.23. The Morgan fingerprint density at radius 3 is 2.35 bits per heavy atom. The Morgan fingerprint density at radius 2 is 1.90 bits per heavy atom. The second-order valence-corrected chi connectivity index (χ2v) is 5.05. The highest BCUT2D eigenvalue weighted by Crippen LogP contribution is 2.29. The smallest absolute Gasteiger partial charge is 0.335 e. The fourth-order valence-electron chi connectivity index (χ4n) is 1.82. The number of hydrogen-bond donors (Lipinski definition) is 1. The van der Waals surface area contributed by atoms with E-state index in [9.17, 15) is 18.0 Å². The van der Waals surface area contributed by atoms with Crippen LogP contribution in [0.25, 0.3) is 0 Å². The van der Waals surface area contributed by atoms with E-state index in [0.29, 0.717) is 5.56 Å². The summed E-state index contributed by atoms with van der Waals surface area (Å²) in [5.41, 5.74) is 5.27. The van der Waals surface area contributed by atoms with Gasteiger partial charge in [0.1, 0.15) is 0 Å². The number of carbonyl (C=O) groups excluding carboxylic acids is 1. The molecule has 0 aliphatic carbocycles. The quantitative estimate of drug-likeness (QED) is 0.926. The molecule has 1 rings (SSSR count). The van der Waals surface area contributed by atoms with Crippen molar-refractivity contribution in [2.45, 2.75) is 45.6 Å². The molecule has 20 heavy (non-hydrogen) atoms. The SMILES string of the molecule is CC(N)C(=O)N(Cc1cccc(C(F)(F)F)c1)C(C)C. The molecule has 0 saturated heterocycles. The van der Waals surface area contributed by atoms with Crippen LogP contribution in [0.3, 0.4) is 0 Å². The summed E-state index contributed by atoms with van der Waals surface area (Å²) in [5.74, 6) is -0.280. The van der Waals surface area contributed by atoms with Gasteiger partial charge in [-0.3, -0.25) is 4.79 Å². The lowest BCUT2D eigenvalue weighted by Crippen LogP contribution is -2.45. The molecule has 1 unspecified atom stereocenters. The molecule has 1 aromatic carbocycles. The molecule has 0 aliphatic rings. The Morgan fingerprint density at radius 1 is 1.30 bits per heavy atom. The van der Waals surface area contributed by atoms with Gasteiger partial charge in [0.25, 0.3) is 0 Å². The first-order valence-corrected chi connectivity index (χ1v) is 6.35. The van der Waals surface area contributed by atoms with Crippen LogP contribution in [0.5, 0.6) is 0 Å². The number of carbonyl (C=O) groups is 1. The molecule has 0 spiro atoms. The van der Waals surface area contributed by atoms with Crippen LogP contribution in [0.15, 0.2) is 24.3 Å². The predicted octanol–water partition coefficient (Wildman–Crippen LogP) is 2.79. The summed E-state index contributed by atoms with van der Waals surface area (Å²) in [6, 6.07) is 4.17. The number of amides is 1. The molecule has 1 aromatic rings. The van der Waals surface area contributed by atoms with E-state index in [1.54, 1.807) is 26.8 Å². The van der Waals surface area contributed by atoms with Crippen LogP contribution < -0.4 is 5.73 Å². The van der Waals surface area contributed by atoms with E-state index in [1.807, 2.05) is 0 Å². The minimum Gasteiger partial charge on any atom is -0.335 e. The number of halogens is 3. The summed E-state index contributed by atoms with van der Waals surface area (Å²) < 4.78 is 38.0. The Hall–Kier alpha value is -1.56. The fourth-order valence-corrected chi connectivity index (χ4v) is 1.82. The molecule has 1 amide bonds. The van der Waals surface area contributed by atoms with Crippen molar-refractivity contribution in [3.05, 3.63) is 35.4 Å². The van der Waals surface area contributed by atoms with Crippen molar-refractivity contribution in [2.75, 3.05) is 0 Å². The number of hydrogen-bond acceptors (Lipinski definition) is 2. The summed E-state index contributed by atoms with van der Waals surface area (Å²) in [4.78, 5) is 13.4. The van der Waals surface area contributed by atoms with Gasteiger partial charge in [-0.05, 0) is 38.5 Å². The average molecular weight is 288 g/mol. The van der Waals surface area contributed by atoms with Crippen molar-refractivity contribution in [1.82, 2.24) is 4.90 Å². The highest BCUT2D eigenvalue weighted by atomic mass is 19.4. The zero-order valence-corrected chi connectivity index (χ0v) is 11.7. The molecule has 0 fully saturated rings. The van der Waals surface area contributed by atoms with Gasteiger partial charge in [-0.25, -0.2) is 0 Å². The van der Waals surface area contributed by atoms with Crippen LogP contribution in [0.2, 0.25) is 0 Å². The van der Waals surface area contributed by atoms with Crippen molar-refractivity contribution in [3.8, 4) is 0 Å². The van der Waals surface area contributed by atoms with Crippen molar-refractivity contribution in [1.29, 1.82) is 0 Å². The topological polar surface area (TPSA) is 46.3 Å². The van der Waals surface area contributed by atoms with E-state index in [4.69, 9.17) is 5.73 Å². The van der Waals surface area contributed by atoms with Gasteiger partial charge in [0.15, 0.2) is 0 Å². The fraction of sp³-hybridized carbons (Fsp3) is 0.500. The van der Waals surface area contributed by atoms with Crippen molar-refractivity contribution < 1.29 is 18.0 Å². The van der Waals surface area contributed by atoms with Crippen LogP contribution in [0, 0.1) is 0 Å².